The number of carbonyl (C=O) groups is 2. The molecule has 126 valence electrons. The van der Waals surface area contributed by atoms with Gasteiger partial charge in [0, 0.05) is 11.6 Å². The van der Waals surface area contributed by atoms with E-state index in [0.717, 1.165) is 25.0 Å². The lowest BCUT2D eigenvalue weighted by Gasteiger charge is -2.21. The van der Waals surface area contributed by atoms with E-state index in [-0.39, 0.29) is 24.8 Å². The van der Waals surface area contributed by atoms with Gasteiger partial charge in [0.2, 0.25) is 0 Å². The van der Waals surface area contributed by atoms with Crippen molar-refractivity contribution in [2.24, 2.45) is 0 Å². The first kappa shape index (κ1) is 17.1. The Hall–Kier alpha value is -2.25. The predicted molar refractivity (Wildman–Crippen MR) is 73.8 cm³/mol. The number of amides is 1. The van der Waals surface area contributed by atoms with E-state index in [1.807, 2.05) is 0 Å². The third kappa shape index (κ3) is 5.15. The van der Waals surface area contributed by atoms with Crippen LogP contribution in [0.3, 0.4) is 0 Å². The van der Waals surface area contributed by atoms with Crippen molar-refractivity contribution >= 4 is 11.9 Å². The summed E-state index contributed by atoms with van der Waals surface area (Å²) in [5.74, 6) is -1.54. The second-order valence-corrected chi connectivity index (χ2v) is 5.04. The molecule has 1 fully saturated rings. The molecule has 0 saturated heterocycles. The number of nitrogens with zero attached hydrogens (tertiary/aromatic N) is 1. The zero-order valence-electron chi connectivity index (χ0n) is 12.4. The number of rotatable bonds is 6. The Morgan fingerprint density at radius 2 is 2.00 bits per heavy atom. The van der Waals surface area contributed by atoms with Gasteiger partial charge in [-0.3, -0.25) is 9.59 Å². The van der Waals surface area contributed by atoms with Crippen molar-refractivity contribution in [3.8, 4) is 5.75 Å². The molecule has 1 saturated carbocycles. The molecule has 0 radical (unpaired) electrons. The molecule has 1 amide bonds. The van der Waals surface area contributed by atoms with Crippen molar-refractivity contribution in [3.05, 3.63) is 29.8 Å². The van der Waals surface area contributed by atoms with E-state index in [1.54, 1.807) is 6.92 Å². The zero-order chi connectivity index (χ0) is 17.0. The molecule has 1 aliphatic rings. The molecule has 0 spiro atoms. The lowest BCUT2D eigenvalue weighted by atomic mass is 10.2. The van der Waals surface area contributed by atoms with Gasteiger partial charge in [-0.2, -0.15) is 0 Å². The first-order valence-corrected chi connectivity index (χ1v) is 7.12. The Morgan fingerprint density at radius 1 is 1.30 bits per heavy atom. The molecule has 1 aliphatic carbocycles. The monoisotopic (exact) mass is 331 g/mol. The predicted octanol–water partition coefficient (Wildman–Crippen LogP) is 2.75. The SMILES string of the molecule is CCOC(=O)CN(C(=O)c1cccc(OC(F)(F)F)c1)C1CC1. The fraction of sp³-hybridized carbons (Fsp3) is 0.467. The number of halogens is 3. The number of alkyl halides is 3. The van der Waals surface area contributed by atoms with Gasteiger partial charge in [0.15, 0.2) is 0 Å². The van der Waals surface area contributed by atoms with Crippen LogP contribution in [-0.4, -0.2) is 42.3 Å². The molecular formula is C15H16F3NO4. The molecule has 0 bridgehead atoms. The maximum Gasteiger partial charge on any atom is 0.573 e. The minimum absolute atomic E-state index is 0.0305. The number of hydrogen-bond donors (Lipinski definition) is 0. The van der Waals surface area contributed by atoms with Crippen molar-refractivity contribution in [3.63, 3.8) is 0 Å². The summed E-state index contributed by atoms with van der Waals surface area (Å²) in [5.41, 5.74) is 0.0305. The topological polar surface area (TPSA) is 55.8 Å². The maximum absolute atomic E-state index is 12.5. The van der Waals surface area contributed by atoms with E-state index in [4.69, 9.17) is 4.74 Å². The molecule has 8 heteroatoms. The Morgan fingerprint density at radius 3 is 2.57 bits per heavy atom. The van der Waals surface area contributed by atoms with E-state index < -0.39 is 24.0 Å². The molecule has 0 aliphatic heterocycles. The van der Waals surface area contributed by atoms with Gasteiger partial charge in [0.25, 0.3) is 5.91 Å². The number of ether oxygens (including phenoxy) is 2. The van der Waals surface area contributed by atoms with Gasteiger partial charge in [-0.15, -0.1) is 13.2 Å². The number of hydrogen-bond acceptors (Lipinski definition) is 4. The summed E-state index contributed by atoms with van der Waals surface area (Å²) in [6, 6.07) is 4.71. The molecule has 0 heterocycles. The van der Waals surface area contributed by atoms with Crippen LogP contribution in [0.4, 0.5) is 13.2 Å². The Bertz CT molecular complexity index is 584. The second kappa shape index (κ2) is 6.89. The summed E-state index contributed by atoms with van der Waals surface area (Å²) in [6.45, 7) is 1.63. The highest BCUT2D eigenvalue weighted by molar-refractivity contribution is 5.96. The maximum atomic E-state index is 12.5. The van der Waals surface area contributed by atoms with Crippen LogP contribution in [0.15, 0.2) is 24.3 Å². The van der Waals surface area contributed by atoms with E-state index in [0.29, 0.717) is 0 Å². The smallest absolute Gasteiger partial charge is 0.465 e. The highest BCUT2D eigenvalue weighted by Gasteiger charge is 2.35. The fourth-order valence-corrected chi connectivity index (χ4v) is 2.09. The van der Waals surface area contributed by atoms with Gasteiger partial charge < -0.3 is 14.4 Å². The molecular weight excluding hydrogens is 315 g/mol. The number of carbonyl (C=O) groups excluding carboxylic acids is 2. The van der Waals surface area contributed by atoms with Crippen molar-refractivity contribution in [1.82, 2.24) is 4.90 Å². The summed E-state index contributed by atoms with van der Waals surface area (Å²) in [4.78, 5) is 25.4. The first-order chi connectivity index (χ1) is 10.8. The van der Waals surface area contributed by atoms with Gasteiger partial charge in [-0.05, 0) is 38.0 Å². The van der Waals surface area contributed by atoms with Crippen molar-refractivity contribution in [2.45, 2.75) is 32.2 Å². The quantitative estimate of drug-likeness (QED) is 0.752. The minimum Gasteiger partial charge on any atom is -0.465 e. The molecule has 0 N–H and O–H groups in total. The summed E-state index contributed by atoms with van der Waals surface area (Å²) in [5, 5.41) is 0. The number of esters is 1. The van der Waals surface area contributed by atoms with Crippen LogP contribution in [-0.2, 0) is 9.53 Å². The van der Waals surface area contributed by atoms with E-state index in [1.165, 1.54) is 17.0 Å². The average molecular weight is 331 g/mol. The van der Waals surface area contributed by atoms with Crippen LogP contribution in [0.25, 0.3) is 0 Å². The molecule has 1 aromatic rings. The minimum atomic E-state index is -4.83. The Kier molecular flexibility index (Phi) is 5.12. The standard InChI is InChI=1S/C15H16F3NO4/c1-2-22-13(20)9-19(11-6-7-11)14(21)10-4-3-5-12(8-10)23-15(16,17)18/h3-5,8,11H,2,6-7,9H2,1H3. The van der Waals surface area contributed by atoms with Crippen LogP contribution in [0.2, 0.25) is 0 Å². The molecule has 1 aromatic carbocycles. The zero-order valence-corrected chi connectivity index (χ0v) is 12.4. The van der Waals surface area contributed by atoms with Crippen LogP contribution in [0.5, 0.6) is 5.75 Å². The lowest BCUT2D eigenvalue weighted by Crippen LogP contribution is -2.38. The molecule has 0 unspecified atom stereocenters. The number of benzene rings is 1. The highest BCUT2D eigenvalue weighted by Crippen LogP contribution is 2.29. The van der Waals surface area contributed by atoms with Gasteiger partial charge in [-0.25, -0.2) is 0 Å². The molecule has 23 heavy (non-hydrogen) atoms. The third-order valence-electron chi connectivity index (χ3n) is 3.17. The molecule has 0 atom stereocenters. The fourth-order valence-electron chi connectivity index (χ4n) is 2.09. The van der Waals surface area contributed by atoms with E-state index in [9.17, 15) is 22.8 Å². The largest absolute Gasteiger partial charge is 0.573 e. The third-order valence-corrected chi connectivity index (χ3v) is 3.17. The van der Waals surface area contributed by atoms with E-state index >= 15 is 0 Å². The molecule has 0 aromatic heterocycles. The summed E-state index contributed by atoms with van der Waals surface area (Å²) in [6.07, 6.45) is -3.32. The van der Waals surface area contributed by atoms with Crippen molar-refractivity contribution < 1.29 is 32.2 Å². The highest BCUT2D eigenvalue weighted by atomic mass is 19.4. The van der Waals surface area contributed by atoms with Gasteiger partial charge in [0.05, 0.1) is 6.61 Å². The van der Waals surface area contributed by atoms with Crippen LogP contribution < -0.4 is 4.74 Å². The van der Waals surface area contributed by atoms with Crippen LogP contribution in [0, 0.1) is 0 Å². The Balaban J connectivity index is 2.13. The normalized spacial score (nSPS) is 14.3. The van der Waals surface area contributed by atoms with Crippen LogP contribution >= 0.6 is 0 Å². The summed E-state index contributed by atoms with van der Waals surface area (Å²) >= 11 is 0. The molecule has 5 nitrogen and oxygen atoms in total. The average Bonchev–Trinajstić information content (AvgIpc) is 3.27. The summed E-state index contributed by atoms with van der Waals surface area (Å²) in [7, 11) is 0. The summed E-state index contributed by atoms with van der Waals surface area (Å²) < 4.78 is 45.4. The van der Waals surface area contributed by atoms with Crippen molar-refractivity contribution in [2.75, 3.05) is 13.2 Å². The Labute approximate surface area is 131 Å². The van der Waals surface area contributed by atoms with Gasteiger partial charge in [-0.1, -0.05) is 6.07 Å². The second-order valence-electron chi connectivity index (χ2n) is 5.04. The van der Waals surface area contributed by atoms with E-state index in [2.05, 4.69) is 4.74 Å². The first-order valence-electron chi connectivity index (χ1n) is 7.12. The molecule has 2 rings (SSSR count). The van der Waals surface area contributed by atoms with Gasteiger partial charge >= 0.3 is 12.3 Å². The van der Waals surface area contributed by atoms with Crippen LogP contribution in [0.1, 0.15) is 30.1 Å². The van der Waals surface area contributed by atoms with Gasteiger partial charge in [0.1, 0.15) is 12.3 Å². The lowest BCUT2D eigenvalue weighted by molar-refractivity contribution is -0.274. The van der Waals surface area contributed by atoms with Crippen molar-refractivity contribution in [1.29, 1.82) is 0 Å².